The van der Waals surface area contributed by atoms with Gasteiger partial charge in [0.15, 0.2) is 0 Å². The Labute approximate surface area is 227 Å². The molecule has 7 heteroatoms. The van der Waals surface area contributed by atoms with Crippen LogP contribution in [0.3, 0.4) is 0 Å². The summed E-state index contributed by atoms with van der Waals surface area (Å²) in [5, 5.41) is 36.7. The van der Waals surface area contributed by atoms with Crippen molar-refractivity contribution in [2.75, 3.05) is 0 Å². The third-order valence-corrected chi connectivity index (χ3v) is 6.91. The first-order valence-electron chi connectivity index (χ1n) is 12.2. The lowest BCUT2D eigenvalue weighted by Gasteiger charge is -2.23. The molecule has 0 amide bonds. The summed E-state index contributed by atoms with van der Waals surface area (Å²) in [6, 6.07) is 26.8. The van der Waals surface area contributed by atoms with E-state index in [-0.39, 0.29) is 28.1 Å². The van der Waals surface area contributed by atoms with E-state index in [9.17, 15) is 14.0 Å². The van der Waals surface area contributed by atoms with Gasteiger partial charge >= 0.3 is 0 Å². The van der Waals surface area contributed by atoms with Crippen molar-refractivity contribution < 1.29 is 8.78 Å². The van der Waals surface area contributed by atoms with E-state index >= 15 is 0 Å². The summed E-state index contributed by atoms with van der Waals surface area (Å²) < 4.78 is 29.8. The van der Waals surface area contributed by atoms with Crippen LogP contribution in [-0.4, -0.2) is 16.4 Å². The number of nitrogens with zero attached hydrogens (tertiary/aromatic N) is 3. The largest absolute Gasteiger partial charge is 0.298 e. The van der Waals surface area contributed by atoms with E-state index in [1.54, 1.807) is 48.5 Å². The summed E-state index contributed by atoms with van der Waals surface area (Å²) in [6.07, 6.45) is 1.85. The van der Waals surface area contributed by atoms with Crippen LogP contribution in [0.2, 0.25) is 0 Å². The number of benzene rings is 4. The van der Waals surface area contributed by atoms with E-state index in [1.807, 2.05) is 36.4 Å². The van der Waals surface area contributed by atoms with Crippen LogP contribution in [0.25, 0.3) is 44.9 Å². The van der Waals surface area contributed by atoms with Gasteiger partial charge in [-0.25, -0.2) is 13.8 Å². The molecule has 0 saturated heterocycles. The Balaban J connectivity index is 1.65. The van der Waals surface area contributed by atoms with Crippen molar-refractivity contribution in [3.8, 4) is 34.5 Å². The summed E-state index contributed by atoms with van der Waals surface area (Å²) in [7, 11) is 0. The Kier molecular flexibility index (Phi) is 5.83. The van der Waals surface area contributed by atoms with Gasteiger partial charge in [0.2, 0.25) is 0 Å². The summed E-state index contributed by atoms with van der Waals surface area (Å²) in [4.78, 5) is 4.89. The van der Waals surface area contributed by atoms with Crippen molar-refractivity contribution in [3.63, 3.8) is 0 Å². The van der Waals surface area contributed by atoms with Crippen LogP contribution in [0.1, 0.15) is 27.8 Å². The number of hydrogen-bond acceptors (Lipinski definition) is 5. The standard InChI is InChI=1S/C33H17F2N5/c34-26-12-19(17-37)13-27(35)29(26)22-10-11-23-28(14-22)40-33(21-8-6-18(16-36)7-9-21)25-15-24(20-4-2-1-3-5-20)31(38)32(39)30(23)25/h1-15,38-39H. The van der Waals surface area contributed by atoms with Gasteiger partial charge < -0.3 is 0 Å². The molecule has 1 heterocycles. The van der Waals surface area contributed by atoms with E-state index in [2.05, 4.69) is 6.07 Å². The van der Waals surface area contributed by atoms with Crippen LogP contribution >= 0.6 is 0 Å². The summed E-state index contributed by atoms with van der Waals surface area (Å²) in [5.74, 6) is -1.74. The third kappa shape index (κ3) is 3.94. The second-order valence-electron chi connectivity index (χ2n) is 9.27. The minimum Gasteiger partial charge on any atom is -0.298 e. The average Bonchev–Trinajstić information content (AvgIpc) is 2.98. The monoisotopic (exact) mass is 521 g/mol. The molecule has 0 spiro atoms. The van der Waals surface area contributed by atoms with Gasteiger partial charge in [-0.3, -0.25) is 10.8 Å². The second kappa shape index (κ2) is 9.50. The molecule has 188 valence electrons. The molecule has 0 unspecified atom stereocenters. The number of fused-ring (bicyclic) bond motifs is 3. The molecular weight excluding hydrogens is 504 g/mol. The molecule has 4 aromatic carbocycles. The predicted molar refractivity (Wildman–Crippen MR) is 151 cm³/mol. The van der Waals surface area contributed by atoms with E-state index < -0.39 is 11.6 Å². The number of aromatic nitrogens is 1. The van der Waals surface area contributed by atoms with Gasteiger partial charge in [-0.1, -0.05) is 54.6 Å². The molecule has 40 heavy (non-hydrogen) atoms. The highest BCUT2D eigenvalue weighted by Crippen LogP contribution is 2.39. The van der Waals surface area contributed by atoms with Gasteiger partial charge in [-0.15, -0.1) is 0 Å². The highest BCUT2D eigenvalue weighted by Gasteiger charge is 2.28. The van der Waals surface area contributed by atoms with Crippen LogP contribution in [-0.2, 0) is 0 Å². The lowest BCUT2D eigenvalue weighted by molar-refractivity contribution is 0.589. The fourth-order valence-corrected chi connectivity index (χ4v) is 5.00. The maximum Gasteiger partial charge on any atom is 0.135 e. The van der Waals surface area contributed by atoms with Crippen LogP contribution in [0.4, 0.5) is 8.78 Å². The zero-order chi connectivity index (χ0) is 28.0. The predicted octanol–water partition coefficient (Wildman–Crippen LogP) is 7.53. The number of nitrogens with one attached hydrogen (secondary N) is 2. The third-order valence-electron chi connectivity index (χ3n) is 6.91. The topological polar surface area (TPSA) is 108 Å². The van der Waals surface area contributed by atoms with Gasteiger partial charge in [-0.2, -0.15) is 10.5 Å². The Bertz CT molecular complexity index is 1990. The molecule has 6 rings (SSSR count). The van der Waals surface area contributed by atoms with Crippen LogP contribution in [0.15, 0.2) is 84.9 Å². The SMILES string of the molecule is N#Cc1ccc(-c2nc3cc(-c4c(F)cc(C#N)cc4F)ccc3c3c2C=C(c2ccccc2)C(=N)C3=N)cc1. The van der Waals surface area contributed by atoms with Crippen molar-refractivity contribution in [2.24, 2.45) is 0 Å². The van der Waals surface area contributed by atoms with Gasteiger partial charge in [0, 0.05) is 27.6 Å². The van der Waals surface area contributed by atoms with E-state index in [1.165, 1.54) is 0 Å². The van der Waals surface area contributed by atoms with Gasteiger partial charge in [0.05, 0.1) is 51.5 Å². The van der Waals surface area contributed by atoms with Crippen LogP contribution < -0.4 is 0 Å². The Morgan fingerprint density at radius 3 is 1.95 bits per heavy atom. The molecule has 5 aromatic rings. The van der Waals surface area contributed by atoms with Crippen LogP contribution in [0.5, 0.6) is 0 Å². The van der Waals surface area contributed by atoms with Crippen LogP contribution in [0, 0.1) is 45.1 Å². The maximum absolute atomic E-state index is 14.9. The molecule has 0 fully saturated rings. The lowest BCUT2D eigenvalue weighted by Crippen LogP contribution is -2.21. The van der Waals surface area contributed by atoms with E-state index in [4.69, 9.17) is 21.1 Å². The minimum atomic E-state index is -0.869. The number of halogens is 2. The number of pyridine rings is 1. The number of hydrogen-bond donors (Lipinski definition) is 2. The quantitative estimate of drug-likeness (QED) is 0.256. The first-order valence-corrected chi connectivity index (χ1v) is 12.2. The van der Waals surface area contributed by atoms with Crippen molar-refractivity contribution in [3.05, 3.63) is 124 Å². The molecule has 0 atom stereocenters. The zero-order valence-electron chi connectivity index (χ0n) is 20.8. The van der Waals surface area contributed by atoms with Gasteiger partial charge in [0.1, 0.15) is 11.6 Å². The molecule has 0 radical (unpaired) electrons. The Hall–Kier alpha value is -5.79. The second-order valence-corrected chi connectivity index (χ2v) is 9.27. The number of allylic oxidation sites excluding steroid dienone is 1. The molecule has 0 saturated carbocycles. The fraction of sp³-hybridized carbons (Fsp3) is 0. The maximum atomic E-state index is 14.9. The molecule has 1 aromatic heterocycles. The number of rotatable bonds is 3. The Morgan fingerprint density at radius 2 is 1.30 bits per heavy atom. The normalized spacial score (nSPS) is 12.4. The summed E-state index contributed by atoms with van der Waals surface area (Å²) in [5.41, 5.74) is 4.41. The highest BCUT2D eigenvalue weighted by atomic mass is 19.1. The van der Waals surface area contributed by atoms with E-state index in [0.717, 1.165) is 17.7 Å². The molecule has 1 aliphatic rings. The van der Waals surface area contributed by atoms with Gasteiger partial charge in [0.25, 0.3) is 0 Å². The van der Waals surface area contributed by atoms with Crippen molar-refractivity contribution >= 4 is 34.0 Å². The minimum absolute atomic E-state index is 0.00197. The molecular formula is C33H17F2N5. The first-order chi connectivity index (χ1) is 19.4. The number of nitriles is 2. The van der Waals surface area contributed by atoms with Gasteiger partial charge in [-0.05, 0) is 47.5 Å². The highest BCUT2D eigenvalue weighted by molar-refractivity contribution is 6.64. The van der Waals surface area contributed by atoms with Crippen molar-refractivity contribution in [1.82, 2.24) is 4.98 Å². The molecule has 0 aliphatic heterocycles. The summed E-state index contributed by atoms with van der Waals surface area (Å²) >= 11 is 0. The van der Waals surface area contributed by atoms with Crippen molar-refractivity contribution in [2.45, 2.75) is 0 Å². The first kappa shape index (κ1) is 24.5. The smallest absolute Gasteiger partial charge is 0.135 e. The molecule has 0 bridgehead atoms. The molecule has 1 aliphatic carbocycles. The van der Waals surface area contributed by atoms with E-state index in [0.29, 0.717) is 44.4 Å². The molecule has 5 nitrogen and oxygen atoms in total. The average molecular weight is 522 g/mol. The molecule has 2 N–H and O–H groups in total. The zero-order valence-corrected chi connectivity index (χ0v) is 20.8. The lowest BCUT2D eigenvalue weighted by atomic mass is 9.82. The fourth-order valence-electron chi connectivity index (χ4n) is 5.00. The van der Waals surface area contributed by atoms with Crippen molar-refractivity contribution in [1.29, 1.82) is 21.3 Å². The summed E-state index contributed by atoms with van der Waals surface area (Å²) in [6.45, 7) is 0. The Morgan fingerprint density at radius 1 is 0.650 bits per heavy atom.